The molecule has 0 radical (unpaired) electrons. The van der Waals surface area contributed by atoms with Gasteiger partial charge in [0.2, 0.25) is 17.6 Å². The maximum Gasteiger partial charge on any atom is 0.451 e. The maximum absolute atomic E-state index is 13.2. The molecule has 26 nitrogen and oxygen atoms in total. The number of ketones is 1. The monoisotopic (exact) mass is 1110 g/mol. The zero-order valence-electron chi connectivity index (χ0n) is 40.2. The van der Waals surface area contributed by atoms with Crippen molar-refractivity contribution in [2.45, 2.75) is 59.3 Å². The average molecular weight is 1110 g/mol. The summed E-state index contributed by atoms with van der Waals surface area (Å²) in [5.41, 5.74) is 5.19. The molecule has 10 heterocycles. The molecule has 0 aliphatic carbocycles. The Bertz CT molecular complexity index is 4070. The van der Waals surface area contributed by atoms with Gasteiger partial charge >= 0.3 is 23.7 Å². The van der Waals surface area contributed by atoms with Crippen LogP contribution in [-0.4, -0.2) is 89.3 Å². The summed E-state index contributed by atoms with van der Waals surface area (Å²) in [6.07, 6.45) is -2.40. The number of alkyl halides is 6. The van der Waals surface area contributed by atoms with Gasteiger partial charge in [-0.3, -0.25) is 37.4 Å². The first-order chi connectivity index (χ1) is 36.4. The molecule has 0 aliphatic rings. The van der Waals surface area contributed by atoms with Crippen molar-refractivity contribution in [1.82, 2.24) is 77.6 Å². The third-order valence-electron chi connectivity index (χ3n) is 10.5. The number of fused-ring (bicyclic) bond motifs is 2. The minimum Gasteiger partial charge on any atom is -0.383 e. The van der Waals surface area contributed by atoms with Crippen LogP contribution in [0.4, 0.5) is 38.0 Å². The summed E-state index contributed by atoms with van der Waals surface area (Å²) in [6.45, 7) is 4.37. The van der Waals surface area contributed by atoms with Crippen molar-refractivity contribution in [2.75, 3.05) is 11.1 Å². The van der Waals surface area contributed by atoms with Crippen LogP contribution in [0.1, 0.15) is 41.5 Å². The third-order valence-corrected chi connectivity index (χ3v) is 12.3. The Hall–Kier alpha value is -9.34. The number of nitrogens with two attached hydrogens (primary N) is 1. The number of halogens is 6. The van der Waals surface area contributed by atoms with E-state index in [2.05, 4.69) is 55.5 Å². The van der Waals surface area contributed by atoms with E-state index in [-0.39, 0.29) is 65.7 Å². The van der Waals surface area contributed by atoms with Crippen LogP contribution in [-0.2, 0) is 62.2 Å². The summed E-state index contributed by atoms with van der Waals surface area (Å²) in [5, 5.41) is 14.1. The van der Waals surface area contributed by atoms with Gasteiger partial charge in [0, 0.05) is 72.9 Å². The molecule has 0 aromatic carbocycles. The lowest BCUT2D eigenvalue weighted by molar-refractivity contribution is -0.145. The number of nitrogens with zero attached hydrogens (tertiary/aromatic N) is 16. The topological polar surface area (TPSA) is 325 Å². The maximum atomic E-state index is 13.2. The van der Waals surface area contributed by atoms with Crippen LogP contribution < -0.4 is 33.5 Å². The standard InChI is InChI=1S/C21H16F3N9O4S.C14H15N5O4.C8H5F3N4S/c1-10-3-12(30-37-10)6-33-18(35)15-16(31(2)20(33)36)27-9-32(15)7-14(34)28-13-8-38-17(29-13)11-4-25-19(26-5-11)21(22,23)24;1-8(20)5-18-7-15-12-11(18)13(21)19(14(22)17(12)3)6-10-4-9(2)23-16-10;9-8(10,11)7-13-1-4(2-14-7)6-15-5(12)3-16-6/h3-5,8-9H,6-7H2,1-2H3,(H,28,34);4,7H,5-6H2,1-3H3;1-3H,12H2. The molecular formula is C43H36F6N18O8S2. The molecular weight excluding hydrogens is 1070 g/mol. The number of nitrogen functional groups attached to an aromatic ring is 1. The number of Topliss-reactive ketones (excluding diaryl/α,β-unsaturated/α-hetero) is 1. The molecule has 1 amide bonds. The normalized spacial score (nSPS) is 11.6. The Balaban J connectivity index is 0.000000170. The van der Waals surface area contributed by atoms with Crippen LogP contribution in [0.2, 0.25) is 0 Å². The molecule has 0 spiro atoms. The van der Waals surface area contributed by atoms with Crippen LogP contribution in [0.15, 0.2) is 88.6 Å². The number of rotatable bonds is 11. The lowest BCUT2D eigenvalue weighted by Crippen LogP contribution is -2.40. The Morgan fingerprint density at radius 3 is 1.47 bits per heavy atom. The molecule has 3 N–H and O–H groups in total. The van der Waals surface area contributed by atoms with E-state index in [0.717, 1.165) is 45.3 Å². The summed E-state index contributed by atoms with van der Waals surface area (Å²) in [6, 6.07) is 3.25. The lowest BCUT2D eigenvalue weighted by atomic mass is 10.3. The molecule has 400 valence electrons. The molecule has 0 saturated carbocycles. The molecule has 34 heteroatoms. The van der Waals surface area contributed by atoms with Crippen LogP contribution in [0, 0.1) is 13.8 Å². The molecule has 10 aromatic rings. The average Bonchev–Trinajstić information content (AvgIpc) is 4.29. The van der Waals surface area contributed by atoms with E-state index >= 15 is 0 Å². The van der Waals surface area contributed by atoms with Gasteiger partial charge in [-0.05, 0) is 20.8 Å². The quantitative estimate of drug-likeness (QED) is 0.174. The van der Waals surface area contributed by atoms with Gasteiger partial charge in [0.1, 0.15) is 56.9 Å². The molecule has 0 bridgehead atoms. The van der Waals surface area contributed by atoms with E-state index in [0.29, 0.717) is 44.3 Å². The first-order valence-electron chi connectivity index (χ1n) is 21.7. The Labute approximate surface area is 431 Å². The highest BCUT2D eigenvalue weighted by Gasteiger charge is 2.35. The second-order valence-electron chi connectivity index (χ2n) is 16.4. The first-order valence-corrected chi connectivity index (χ1v) is 23.5. The molecule has 0 saturated heterocycles. The van der Waals surface area contributed by atoms with Crippen molar-refractivity contribution >= 4 is 68.3 Å². The summed E-state index contributed by atoms with van der Waals surface area (Å²) >= 11 is 2.29. The summed E-state index contributed by atoms with van der Waals surface area (Å²) < 4.78 is 91.7. The predicted octanol–water partition coefficient (Wildman–Crippen LogP) is 3.84. The van der Waals surface area contributed by atoms with Crippen molar-refractivity contribution < 1.29 is 45.0 Å². The second-order valence-corrected chi connectivity index (χ2v) is 18.1. The molecule has 0 atom stereocenters. The predicted molar refractivity (Wildman–Crippen MR) is 259 cm³/mol. The number of carbonyl (C=O) groups is 2. The number of amides is 1. The fourth-order valence-electron chi connectivity index (χ4n) is 7.10. The fourth-order valence-corrected chi connectivity index (χ4v) is 8.51. The van der Waals surface area contributed by atoms with Crippen molar-refractivity contribution in [3.8, 4) is 21.1 Å². The number of thiazole rings is 2. The minimum absolute atomic E-state index is 0.00988. The van der Waals surface area contributed by atoms with Gasteiger partial charge in [-0.2, -0.15) is 26.3 Å². The van der Waals surface area contributed by atoms with E-state index < -0.39 is 52.4 Å². The van der Waals surface area contributed by atoms with Crippen molar-refractivity contribution in [3.63, 3.8) is 0 Å². The number of nitrogens with one attached hydrogen (secondary N) is 1. The Morgan fingerprint density at radius 2 is 1.08 bits per heavy atom. The number of hydrogen-bond acceptors (Lipinski definition) is 21. The molecule has 0 aliphatic heterocycles. The number of aromatic nitrogens is 16. The van der Waals surface area contributed by atoms with Crippen LogP contribution in [0.5, 0.6) is 0 Å². The number of aryl methyl sites for hydroxylation is 4. The lowest BCUT2D eigenvalue weighted by Gasteiger charge is -2.08. The second kappa shape index (κ2) is 21.5. The largest absolute Gasteiger partial charge is 0.451 e. The van der Waals surface area contributed by atoms with E-state index in [1.807, 2.05) is 0 Å². The zero-order chi connectivity index (χ0) is 55.7. The van der Waals surface area contributed by atoms with Gasteiger partial charge in [0.15, 0.2) is 22.3 Å². The van der Waals surface area contributed by atoms with Gasteiger partial charge < -0.3 is 29.2 Å². The highest BCUT2D eigenvalue weighted by Crippen LogP contribution is 2.30. The number of carbonyl (C=O) groups excluding carboxylic acids is 2. The van der Waals surface area contributed by atoms with Crippen molar-refractivity contribution in [2.24, 2.45) is 14.1 Å². The molecule has 0 fully saturated rings. The number of hydrogen-bond donors (Lipinski definition) is 2. The summed E-state index contributed by atoms with van der Waals surface area (Å²) in [4.78, 5) is 104. The van der Waals surface area contributed by atoms with E-state index in [4.69, 9.17) is 14.8 Å². The SMILES string of the molecule is CC(=O)Cn1cnc2c1c(=O)n(Cc1cc(C)on1)c(=O)n2C.Cc1cc(Cn2c(=O)c3c(ncn3CC(=O)Nc3csc(-c4cnc(C(F)(F)F)nc4)n3)n(C)c2=O)no1.Nc1csc(-c2cnc(C(F)(F)F)nc2)n1. The van der Waals surface area contributed by atoms with Gasteiger partial charge in [-0.15, -0.1) is 22.7 Å². The van der Waals surface area contributed by atoms with Crippen LogP contribution in [0.25, 0.3) is 43.5 Å². The summed E-state index contributed by atoms with van der Waals surface area (Å²) in [5.74, 6) is -1.54. The van der Waals surface area contributed by atoms with Gasteiger partial charge in [-0.25, -0.2) is 49.5 Å². The number of imidazole rings is 2. The van der Waals surface area contributed by atoms with E-state index in [1.54, 1.807) is 31.4 Å². The minimum atomic E-state index is -4.66. The first kappa shape index (κ1) is 53.9. The third kappa shape index (κ3) is 12.0. The van der Waals surface area contributed by atoms with Crippen molar-refractivity contribution in [3.05, 3.63) is 137 Å². The smallest absolute Gasteiger partial charge is 0.383 e. The molecule has 77 heavy (non-hydrogen) atoms. The van der Waals surface area contributed by atoms with Gasteiger partial charge in [0.25, 0.3) is 11.1 Å². The molecule has 10 aromatic heterocycles. The van der Waals surface area contributed by atoms with Gasteiger partial charge in [-0.1, -0.05) is 10.3 Å². The van der Waals surface area contributed by atoms with Crippen molar-refractivity contribution in [1.29, 1.82) is 0 Å². The van der Waals surface area contributed by atoms with E-state index in [9.17, 15) is 55.1 Å². The van der Waals surface area contributed by atoms with Crippen LogP contribution >= 0.6 is 22.7 Å². The molecule has 10 rings (SSSR count). The zero-order valence-corrected chi connectivity index (χ0v) is 41.8. The Kier molecular flexibility index (Phi) is 15.0. The van der Waals surface area contributed by atoms with E-state index in [1.165, 1.54) is 68.7 Å². The summed E-state index contributed by atoms with van der Waals surface area (Å²) in [7, 11) is 2.98. The highest BCUT2D eigenvalue weighted by atomic mass is 32.1. The molecule has 0 unspecified atom stereocenters. The van der Waals surface area contributed by atoms with Crippen LogP contribution in [0.3, 0.4) is 0 Å². The Morgan fingerprint density at radius 1 is 0.649 bits per heavy atom. The van der Waals surface area contributed by atoms with Gasteiger partial charge in [0.05, 0.1) is 32.3 Å². The highest BCUT2D eigenvalue weighted by molar-refractivity contribution is 7.13. The fraction of sp³-hybridized carbons (Fsp3) is 0.256. The number of anilines is 2.